The third-order valence-electron chi connectivity index (χ3n) is 5.95. The van der Waals surface area contributed by atoms with Crippen molar-refractivity contribution in [1.82, 2.24) is 24.3 Å². The van der Waals surface area contributed by atoms with Crippen LogP contribution in [0.4, 0.5) is 14.5 Å². The second-order valence-corrected chi connectivity index (χ2v) is 8.27. The highest BCUT2D eigenvalue weighted by Gasteiger charge is 2.22. The van der Waals surface area contributed by atoms with Crippen LogP contribution in [0.3, 0.4) is 0 Å². The summed E-state index contributed by atoms with van der Waals surface area (Å²) in [6, 6.07) is 4.55. The van der Waals surface area contributed by atoms with E-state index in [9.17, 15) is 0 Å². The van der Waals surface area contributed by atoms with Gasteiger partial charge in [-0.25, -0.2) is 18.8 Å². The molecule has 11 heteroatoms. The molecule has 4 heterocycles. The van der Waals surface area contributed by atoms with E-state index in [0.717, 1.165) is 18.1 Å². The van der Waals surface area contributed by atoms with E-state index in [4.69, 9.17) is 19.2 Å². The van der Waals surface area contributed by atoms with Crippen molar-refractivity contribution in [3.05, 3.63) is 53.9 Å². The molecule has 1 aliphatic heterocycles. The Bertz CT molecular complexity index is 1430. The van der Waals surface area contributed by atoms with E-state index in [1.54, 1.807) is 29.2 Å². The van der Waals surface area contributed by atoms with Crippen LogP contribution in [0, 0.1) is 17.6 Å². The molecule has 3 aromatic heterocycles. The largest absolute Gasteiger partial charge is 0.493 e. The van der Waals surface area contributed by atoms with Crippen molar-refractivity contribution >= 4 is 16.9 Å². The Hall–Kier alpha value is -3.86. The van der Waals surface area contributed by atoms with Gasteiger partial charge in [0, 0.05) is 43.9 Å². The van der Waals surface area contributed by atoms with Crippen LogP contribution in [0.5, 0.6) is 11.5 Å². The first-order valence-corrected chi connectivity index (χ1v) is 11.1. The Balaban J connectivity index is 1.75. The quantitative estimate of drug-likeness (QED) is 0.419. The summed E-state index contributed by atoms with van der Waals surface area (Å²) >= 11 is 0. The molecule has 1 fully saturated rings. The monoisotopic (exact) mass is 482 g/mol. The molecule has 1 saturated heterocycles. The molecule has 1 aromatic carbocycles. The van der Waals surface area contributed by atoms with E-state index in [0.29, 0.717) is 42.1 Å². The van der Waals surface area contributed by atoms with Crippen LogP contribution in [0.2, 0.25) is 0 Å². The smallest absolute Gasteiger partial charge is 0.193 e. The number of fused-ring (bicyclic) bond motifs is 1. The minimum atomic E-state index is -0.920. The van der Waals surface area contributed by atoms with E-state index in [1.165, 1.54) is 14.2 Å². The molecule has 0 N–H and O–H groups in total. The summed E-state index contributed by atoms with van der Waals surface area (Å²) in [7, 11) is 4.41. The standard InChI is InChI=1S/C24H24F2N6O3/c1-31-12-15(9-28-31)17-10-27-16-4-5-20(32(24(16)29-17)11-14-6-7-35-13-14)30-23-21(25)18(33-2)8-19(34-3)22(23)26/h4-5,8-10,12,14H,6-7,11,13H2,1-3H3. The van der Waals surface area contributed by atoms with Crippen molar-refractivity contribution in [3.8, 4) is 22.8 Å². The summed E-state index contributed by atoms with van der Waals surface area (Å²) in [6.45, 7) is 1.73. The predicted octanol–water partition coefficient (Wildman–Crippen LogP) is 3.40. The van der Waals surface area contributed by atoms with Gasteiger partial charge in [-0.15, -0.1) is 0 Å². The van der Waals surface area contributed by atoms with Gasteiger partial charge in [-0.05, 0) is 18.6 Å². The molecule has 0 saturated carbocycles. The number of ether oxygens (including phenoxy) is 3. The average Bonchev–Trinajstić information content (AvgIpc) is 3.54. The van der Waals surface area contributed by atoms with Crippen LogP contribution < -0.4 is 15.0 Å². The maximum Gasteiger partial charge on any atom is 0.193 e. The molecule has 1 unspecified atom stereocenters. The second kappa shape index (κ2) is 9.41. The van der Waals surface area contributed by atoms with Gasteiger partial charge in [-0.3, -0.25) is 9.67 Å². The molecule has 0 amide bonds. The SMILES string of the molecule is COc1cc(OC)c(F)c(N=c2ccc3ncc(-c4cnn(C)c4)nc3n2CC2CCOC2)c1F. The Morgan fingerprint density at radius 2 is 1.91 bits per heavy atom. The number of benzene rings is 1. The fourth-order valence-electron chi connectivity index (χ4n) is 4.10. The Labute approximate surface area is 199 Å². The summed E-state index contributed by atoms with van der Waals surface area (Å²) in [5.41, 5.74) is 2.40. The van der Waals surface area contributed by atoms with Gasteiger partial charge < -0.3 is 18.8 Å². The molecular weight excluding hydrogens is 458 g/mol. The minimum Gasteiger partial charge on any atom is -0.493 e. The van der Waals surface area contributed by atoms with Crippen molar-refractivity contribution in [3.63, 3.8) is 0 Å². The summed E-state index contributed by atoms with van der Waals surface area (Å²) in [5, 5.41) is 4.20. The minimum absolute atomic E-state index is 0.169. The maximum absolute atomic E-state index is 15.1. The van der Waals surface area contributed by atoms with Crippen LogP contribution in [0.15, 0.2) is 41.8 Å². The summed E-state index contributed by atoms with van der Waals surface area (Å²) in [5.74, 6) is -1.99. The molecule has 5 rings (SSSR count). The molecular formula is C24H24F2N6O3. The summed E-state index contributed by atoms with van der Waals surface area (Å²) in [6.07, 6.45) is 6.07. The van der Waals surface area contributed by atoms with Gasteiger partial charge in [-0.2, -0.15) is 5.10 Å². The average molecular weight is 482 g/mol. The topological polar surface area (TPSA) is 88.6 Å². The maximum atomic E-state index is 15.1. The number of rotatable bonds is 6. The highest BCUT2D eigenvalue weighted by molar-refractivity contribution is 5.73. The number of hydrogen-bond donors (Lipinski definition) is 0. The number of aromatic nitrogens is 5. The van der Waals surface area contributed by atoms with E-state index in [2.05, 4.69) is 15.1 Å². The second-order valence-electron chi connectivity index (χ2n) is 8.27. The molecule has 0 spiro atoms. The van der Waals surface area contributed by atoms with Crippen molar-refractivity contribution in [2.75, 3.05) is 27.4 Å². The summed E-state index contributed by atoms with van der Waals surface area (Å²) in [4.78, 5) is 13.8. The normalized spacial score (nSPS) is 16.3. The van der Waals surface area contributed by atoms with Gasteiger partial charge in [0.15, 0.2) is 28.8 Å². The lowest BCUT2D eigenvalue weighted by molar-refractivity contribution is 0.182. The number of halogens is 2. The van der Waals surface area contributed by atoms with Gasteiger partial charge in [-0.1, -0.05) is 0 Å². The molecule has 35 heavy (non-hydrogen) atoms. The first-order chi connectivity index (χ1) is 17.0. The zero-order valence-electron chi connectivity index (χ0n) is 19.5. The molecule has 0 aliphatic carbocycles. The third-order valence-corrected chi connectivity index (χ3v) is 5.95. The Morgan fingerprint density at radius 3 is 2.54 bits per heavy atom. The van der Waals surface area contributed by atoms with Gasteiger partial charge in [0.1, 0.15) is 16.7 Å². The fraction of sp³-hybridized carbons (Fsp3) is 0.333. The molecule has 0 radical (unpaired) electrons. The van der Waals surface area contributed by atoms with Crippen LogP contribution >= 0.6 is 0 Å². The van der Waals surface area contributed by atoms with Crippen molar-refractivity contribution < 1.29 is 23.0 Å². The molecule has 1 aliphatic rings. The van der Waals surface area contributed by atoms with Crippen LogP contribution in [0.25, 0.3) is 22.4 Å². The van der Waals surface area contributed by atoms with E-state index in [1.807, 2.05) is 17.8 Å². The third kappa shape index (κ3) is 4.34. The van der Waals surface area contributed by atoms with Crippen molar-refractivity contribution in [1.29, 1.82) is 0 Å². The van der Waals surface area contributed by atoms with Crippen LogP contribution in [-0.2, 0) is 18.3 Å². The highest BCUT2D eigenvalue weighted by Crippen LogP contribution is 2.36. The number of aryl methyl sites for hydroxylation is 1. The van der Waals surface area contributed by atoms with Crippen molar-refractivity contribution in [2.45, 2.75) is 13.0 Å². The predicted molar refractivity (Wildman–Crippen MR) is 123 cm³/mol. The first-order valence-electron chi connectivity index (χ1n) is 11.1. The molecule has 4 aromatic rings. The Kier molecular flexibility index (Phi) is 6.16. The van der Waals surface area contributed by atoms with E-state index < -0.39 is 17.3 Å². The van der Waals surface area contributed by atoms with E-state index >= 15 is 8.78 Å². The highest BCUT2D eigenvalue weighted by atomic mass is 19.1. The van der Waals surface area contributed by atoms with Crippen molar-refractivity contribution in [2.24, 2.45) is 18.0 Å². The van der Waals surface area contributed by atoms with E-state index in [-0.39, 0.29) is 17.4 Å². The fourth-order valence-corrected chi connectivity index (χ4v) is 4.10. The van der Waals surface area contributed by atoms with Crippen LogP contribution in [0.1, 0.15) is 6.42 Å². The molecule has 182 valence electrons. The molecule has 1 atom stereocenters. The lowest BCUT2D eigenvalue weighted by Gasteiger charge is -2.16. The molecule has 9 nitrogen and oxygen atoms in total. The number of pyridine rings is 1. The van der Waals surface area contributed by atoms with Crippen LogP contribution in [-0.4, -0.2) is 51.7 Å². The number of nitrogens with zero attached hydrogens (tertiary/aromatic N) is 6. The first kappa shape index (κ1) is 22.9. The molecule has 0 bridgehead atoms. The Morgan fingerprint density at radius 1 is 1.14 bits per heavy atom. The number of hydrogen-bond acceptors (Lipinski definition) is 7. The number of methoxy groups -OCH3 is 2. The van der Waals surface area contributed by atoms with Gasteiger partial charge >= 0.3 is 0 Å². The lowest BCUT2D eigenvalue weighted by Crippen LogP contribution is -2.26. The zero-order chi connectivity index (χ0) is 24.5. The summed E-state index contributed by atoms with van der Waals surface area (Å²) < 4.78 is 49.4. The lowest BCUT2D eigenvalue weighted by atomic mass is 10.1. The van der Waals surface area contributed by atoms with Gasteiger partial charge in [0.2, 0.25) is 0 Å². The zero-order valence-corrected chi connectivity index (χ0v) is 19.5. The van der Waals surface area contributed by atoms with Gasteiger partial charge in [0.25, 0.3) is 0 Å². The van der Waals surface area contributed by atoms with Gasteiger partial charge in [0.05, 0.1) is 38.9 Å².